The molecule has 1 N–H and O–H groups in total. The first kappa shape index (κ1) is 14.4. The van der Waals surface area contributed by atoms with Gasteiger partial charge in [0.25, 0.3) is 5.91 Å². The fourth-order valence-corrected chi connectivity index (χ4v) is 2.56. The molecule has 1 heterocycles. The second-order valence-corrected chi connectivity index (χ2v) is 5.98. The van der Waals surface area contributed by atoms with Crippen LogP contribution < -0.4 is 10.1 Å². The minimum absolute atomic E-state index is 0.101. The van der Waals surface area contributed by atoms with Crippen molar-refractivity contribution in [1.29, 1.82) is 0 Å². The summed E-state index contributed by atoms with van der Waals surface area (Å²) in [5.74, 6) is -0.374. The van der Waals surface area contributed by atoms with Crippen molar-refractivity contribution in [2.24, 2.45) is 0 Å². The van der Waals surface area contributed by atoms with Crippen LogP contribution in [-0.4, -0.2) is 22.9 Å². The number of carbonyl (C=O) groups is 1. The number of nitro benzene ring substituents is 1. The largest absolute Gasteiger partial charge is 0.490 e. The van der Waals surface area contributed by atoms with Crippen molar-refractivity contribution < 1.29 is 14.5 Å². The first-order valence-electron chi connectivity index (χ1n) is 5.26. The van der Waals surface area contributed by atoms with Crippen LogP contribution in [0.4, 0.5) is 10.8 Å². The van der Waals surface area contributed by atoms with Gasteiger partial charge in [0.2, 0.25) is 0 Å². The highest BCUT2D eigenvalue weighted by Crippen LogP contribution is 2.28. The zero-order valence-corrected chi connectivity index (χ0v) is 12.5. The fraction of sp³-hybridized carbons (Fsp3) is 0.0909. The van der Waals surface area contributed by atoms with Crippen LogP contribution in [0.3, 0.4) is 0 Å². The number of carbonyl (C=O) groups excluding carboxylic acids is 1. The quantitative estimate of drug-likeness (QED) is 0.670. The molecular formula is C11H8BrN3O4S. The minimum atomic E-state index is -0.602. The topological polar surface area (TPSA) is 94.4 Å². The Kier molecular flexibility index (Phi) is 4.30. The highest BCUT2D eigenvalue weighted by molar-refractivity contribution is 9.11. The summed E-state index contributed by atoms with van der Waals surface area (Å²) in [6, 6.07) is 3.99. The van der Waals surface area contributed by atoms with Gasteiger partial charge in [-0.2, -0.15) is 0 Å². The Morgan fingerprint density at radius 1 is 1.55 bits per heavy atom. The summed E-state index contributed by atoms with van der Waals surface area (Å²) < 4.78 is 5.64. The number of nitrogens with zero attached hydrogens (tertiary/aromatic N) is 2. The zero-order chi connectivity index (χ0) is 14.7. The number of aromatic nitrogens is 1. The van der Waals surface area contributed by atoms with E-state index in [-0.39, 0.29) is 17.0 Å². The standard InChI is InChI=1S/C11H8BrN3O4S/c1-19-8-3-2-6(4-7(8)15(17)18)10(16)14-11-13-5-9(12)20-11/h2-5H,1H3,(H,13,14,16). The Morgan fingerprint density at radius 2 is 2.30 bits per heavy atom. The normalized spacial score (nSPS) is 10.1. The SMILES string of the molecule is COc1ccc(C(=O)Nc2ncc(Br)s2)cc1[N+](=O)[O-]. The van der Waals surface area contributed by atoms with Crippen LogP contribution in [-0.2, 0) is 0 Å². The van der Waals surface area contributed by atoms with Gasteiger partial charge in [-0.05, 0) is 28.1 Å². The summed E-state index contributed by atoms with van der Waals surface area (Å²) in [4.78, 5) is 26.2. The number of benzene rings is 1. The molecule has 9 heteroatoms. The number of methoxy groups -OCH3 is 1. The number of hydrogen-bond donors (Lipinski definition) is 1. The van der Waals surface area contributed by atoms with Crippen LogP contribution in [0, 0.1) is 10.1 Å². The molecule has 2 rings (SSSR count). The van der Waals surface area contributed by atoms with E-state index >= 15 is 0 Å². The number of nitro groups is 1. The average Bonchev–Trinajstić information content (AvgIpc) is 2.83. The van der Waals surface area contributed by atoms with E-state index in [4.69, 9.17) is 4.74 Å². The number of rotatable bonds is 4. The van der Waals surface area contributed by atoms with Gasteiger partial charge in [0.05, 0.1) is 22.0 Å². The van der Waals surface area contributed by atoms with Gasteiger partial charge >= 0.3 is 5.69 Å². The van der Waals surface area contributed by atoms with Crippen LogP contribution in [0.25, 0.3) is 0 Å². The van der Waals surface area contributed by atoms with E-state index in [0.717, 1.165) is 9.85 Å². The van der Waals surface area contributed by atoms with E-state index in [2.05, 4.69) is 26.2 Å². The van der Waals surface area contributed by atoms with Crippen molar-refractivity contribution in [1.82, 2.24) is 4.98 Å². The molecule has 7 nitrogen and oxygen atoms in total. The lowest BCUT2D eigenvalue weighted by molar-refractivity contribution is -0.385. The van der Waals surface area contributed by atoms with Crippen molar-refractivity contribution in [3.63, 3.8) is 0 Å². The van der Waals surface area contributed by atoms with E-state index in [1.54, 1.807) is 6.20 Å². The third-order valence-corrected chi connectivity index (χ3v) is 3.73. The number of halogens is 1. The van der Waals surface area contributed by atoms with Gasteiger partial charge in [0.15, 0.2) is 10.9 Å². The molecule has 104 valence electrons. The molecule has 0 unspecified atom stereocenters. The third kappa shape index (κ3) is 3.11. The third-order valence-electron chi connectivity index (χ3n) is 2.34. The van der Waals surface area contributed by atoms with Crippen LogP contribution in [0.15, 0.2) is 28.2 Å². The summed E-state index contributed by atoms with van der Waals surface area (Å²) in [6.07, 6.45) is 1.55. The summed E-state index contributed by atoms with van der Waals surface area (Å²) >= 11 is 4.47. The van der Waals surface area contributed by atoms with Gasteiger partial charge in [-0.1, -0.05) is 11.3 Å². The molecular weight excluding hydrogens is 350 g/mol. The van der Waals surface area contributed by atoms with Gasteiger partial charge in [-0.3, -0.25) is 20.2 Å². The molecule has 1 aromatic carbocycles. The molecule has 0 aliphatic heterocycles. The van der Waals surface area contributed by atoms with Gasteiger partial charge in [-0.15, -0.1) is 0 Å². The Labute approximate surface area is 125 Å². The molecule has 0 aliphatic carbocycles. The van der Waals surface area contributed by atoms with Gasteiger partial charge in [0, 0.05) is 11.6 Å². The van der Waals surface area contributed by atoms with Crippen LogP contribution in [0.2, 0.25) is 0 Å². The highest BCUT2D eigenvalue weighted by atomic mass is 79.9. The minimum Gasteiger partial charge on any atom is -0.490 e. The van der Waals surface area contributed by atoms with Crippen molar-refractivity contribution in [2.75, 3.05) is 12.4 Å². The lowest BCUT2D eigenvalue weighted by Crippen LogP contribution is -2.12. The maximum Gasteiger partial charge on any atom is 0.311 e. The van der Waals surface area contributed by atoms with E-state index in [1.165, 1.54) is 30.6 Å². The van der Waals surface area contributed by atoms with Crippen LogP contribution >= 0.6 is 27.3 Å². The monoisotopic (exact) mass is 357 g/mol. The van der Waals surface area contributed by atoms with E-state index in [9.17, 15) is 14.9 Å². The van der Waals surface area contributed by atoms with Crippen molar-refractivity contribution in [3.8, 4) is 5.75 Å². The predicted octanol–water partition coefficient (Wildman–Crippen LogP) is 3.07. The molecule has 1 aromatic heterocycles. The van der Waals surface area contributed by atoms with Gasteiger partial charge in [0.1, 0.15) is 0 Å². The maximum atomic E-state index is 12.0. The number of nitrogens with one attached hydrogen (secondary N) is 1. The Hall–Kier alpha value is -2.00. The van der Waals surface area contributed by atoms with Crippen molar-refractivity contribution in [3.05, 3.63) is 43.9 Å². The lowest BCUT2D eigenvalue weighted by atomic mass is 10.2. The molecule has 0 radical (unpaired) electrons. The number of thiazole rings is 1. The summed E-state index contributed by atoms with van der Waals surface area (Å²) in [5.41, 5.74) is -0.107. The Bertz CT molecular complexity index is 673. The molecule has 0 atom stereocenters. The number of hydrogen-bond acceptors (Lipinski definition) is 6. The smallest absolute Gasteiger partial charge is 0.311 e. The van der Waals surface area contributed by atoms with Crippen LogP contribution in [0.5, 0.6) is 5.75 Å². The van der Waals surface area contributed by atoms with Gasteiger partial charge < -0.3 is 4.74 Å². The second kappa shape index (κ2) is 5.97. The molecule has 0 fully saturated rings. The predicted molar refractivity (Wildman–Crippen MR) is 77.4 cm³/mol. The first-order chi connectivity index (χ1) is 9.51. The molecule has 0 aliphatic rings. The Balaban J connectivity index is 2.26. The second-order valence-electron chi connectivity index (χ2n) is 3.57. The van der Waals surface area contributed by atoms with E-state index < -0.39 is 10.8 Å². The summed E-state index contributed by atoms with van der Waals surface area (Å²) in [6.45, 7) is 0. The highest BCUT2D eigenvalue weighted by Gasteiger charge is 2.18. The summed E-state index contributed by atoms with van der Waals surface area (Å²) in [5, 5.41) is 13.9. The Morgan fingerprint density at radius 3 is 2.85 bits per heavy atom. The van der Waals surface area contributed by atoms with Crippen molar-refractivity contribution in [2.45, 2.75) is 0 Å². The van der Waals surface area contributed by atoms with Crippen molar-refractivity contribution >= 4 is 44.0 Å². The molecule has 0 bridgehead atoms. The molecule has 20 heavy (non-hydrogen) atoms. The first-order valence-corrected chi connectivity index (χ1v) is 6.87. The number of ether oxygens (including phenoxy) is 1. The molecule has 2 aromatic rings. The molecule has 1 amide bonds. The molecule has 0 saturated carbocycles. The zero-order valence-electron chi connectivity index (χ0n) is 10.1. The molecule has 0 spiro atoms. The fourth-order valence-electron chi connectivity index (χ4n) is 1.46. The van der Waals surface area contributed by atoms with E-state index in [1.807, 2.05) is 0 Å². The molecule has 0 saturated heterocycles. The lowest BCUT2D eigenvalue weighted by Gasteiger charge is -2.04. The maximum absolute atomic E-state index is 12.0. The average molecular weight is 358 g/mol. The number of anilines is 1. The van der Waals surface area contributed by atoms with Crippen LogP contribution in [0.1, 0.15) is 10.4 Å². The van der Waals surface area contributed by atoms with Gasteiger partial charge in [-0.25, -0.2) is 4.98 Å². The summed E-state index contributed by atoms with van der Waals surface area (Å²) in [7, 11) is 1.33. The number of amides is 1. The van der Waals surface area contributed by atoms with E-state index in [0.29, 0.717) is 5.13 Å².